The second kappa shape index (κ2) is 8.23. The number of hydrogen-bond donors (Lipinski definition) is 1. The van der Waals surface area contributed by atoms with Crippen LogP contribution in [0.1, 0.15) is 21.5 Å². The molecule has 1 amide bonds. The Morgan fingerprint density at radius 1 is 1.15 bits per heavy atom. The van der Waals surface area contributed by atoms with Gasteiger partial charge in [0, 0.05) is 6.42 Å². The number of nitrogens with one attached hydrogen (secondary N) is 1. The first-order chi connectivity index (χ1) is 12.2. The number of methoxy groups -OCH3 is 1. The number of hydrogen-bond acceptors (Lipinski definition) is 3. The van der Waals surface area contributed by atoms with Gasteiger partial charge in [-0.2, -0.15) is 13.2 Å². The Labute approximate surface area is 152 Å². The number of benzene rings is 2. The zero-order valence-corrected chi connectivity index (χ0v) is 14.4. The summed E-state index contributed by atoms with van der Waals surface area (Å²) in [5.74, 6) is -1.40. The van der Waals surface area contributed by atoms with Gasteiger partial charge in [-0.1, -0.05) is 41.9 Å². The molecule has 2 aromatic carbocycles. The molecular formula is C18H15ClF3NO3. The van der Waals surface area contributed by atoms with E-state index in [0.717, 1.165) is 19.2 Å². The summed E-state index contributed by atoms with van der Waals surface area (Å²) < 4.78 is 43.1. The lowest BCUT2D eigenvalue weighted by molar-refractivity contribution is -0.142. The average Bonchev–Trinajstić information content (AvgIpc) is 2.60. The summed E-state index contributed by atoms with van der Waals surface area (Å²) in [5.41, 5.74) is -0.460. The SMILES string of the molecule is COC(=O)[C@@H](Cc1cccc(C(F)(F)F)c1)NC(=O)c1ccccc1Cl. The van der Waals surface area contributed by atoms with Crippen molar-refractivity contribution < 1.29 is 27.5 Å². The van der Waals surface area contributed by atoms with Crippen molar-refractivity contribution >= 4 is 23.5 Å². The van der Waals surface area contributed by atoms with E-state index in [0.29, 0.717) is 0 Å². The quantitative estimate of drug-likeness (QED) is 0.795. The lowest BCUT2D eigenvalue weighted by Gasteiger charge is -2.18. The van der Waals surface area contributed by atoms with Crippen LogP contribution in [0.2, 0.25) is 5.02 Å². The topological polar surface area (TPSA) is 55.4 Å². The Kier molecular flexibility index (Phi) is 6.26. The number of halogens is 4. The summed E-state index contributed by atoms with van der Waals surface area (Å²) >= 11 is 5.95. The molecule has 0 aromatic heterocycles. The third-order valence-corrected chi connectivity index (χ3v) is 3.93. The van der Waals surface area contributed by atoms with Crippen molar-refractivity contribution in [1.82, 2.24) is 5.32 Å². The van der Waals surface area contributed by atoms with Crippen LogP contribution in [0, 0.1) is 0 Å². The van der Waals surface area contributed by atoms with Gasteiger partial charge in [0.05, 0.1) is 23.3 Å². The molecule has 0 bridgehead atoms. The van der Waals surface area contributed by atoms with Crippen LogP contribution in [-0.4, -0.2) is 25.0 Å². The Bertz CT molecular complexity index is 808. The van der Waals surface area contributed by atoms with E-state index in [1.807, 2.05) is 0 Å². The molecule has 0 spiro atoms. The summed E-state index contributed by atoms with van der Waals surface area (Å²) in [4.78, 5) is 24.3. The van der Waals surface area contributed by atoms with Crippen LogP contribution in [0.3, 0.4) is 0 Å². The Balaban J connectivity index is 2.22. The van der Waals surface area contributed by atoms with Gasteiger partial charge in [-0.05, 0) is 23.8 Å². The Morgan fingerprint density at radius 3 is 2.46 bits per heavy atom. The maximum Gasteiger partial charge on any atom is 0.416 e. The predicted molar refractivity (Wildman–Crippen MR) is 89.9 cm³/mol. The molecule has 0 radical (unpaired) electrons. The molecule has 8 heteroatoms. The highest BCUT2D eigenvalue weighted by Crippen LogP contribution is 2.29. The van der Waals surface area contributed by atoms with E-state index in [2.05, 4.69) is 10.1 Å². The number of rotatable bonds is 5. The highest BCUT2D eigenvalue weighted by Gasteiger charge is 2.31. The summed E-state index contributed by atoms with van der Waals surface area (Å²) in [7, 11) is 1.13. The Morgan fingerprint density at radius 2 is 1.85 bits per heavy atom. The van der Waals surface area contributed by atoms with Crippen molar-refractivity contribution in [2.45, 2.75) is 18.6 Å². The minimum absolute atomic E-state index is 0.145. The highest BCUT2D eigenvalue weighted by atomic mass is 35.5. The smallest absolute Gasteiger partial charge is 0.416 e. The van der Waals surface area contributed by atoms with Gasteiger partial charge in [0.15, 0.2) is 0 Å². The van der Waals surface area contributed by atoms with Crippen molar-refractivity contribution in [3.05, 3.63) is 70.2 Å². The molecule has 0 aliphatic carbocycles. The third-order valence-electron chi connectivity index (χ3n) is 3.60. The molecule has 4 nitrogen and oxygen atoms in total. The molecule has 0 aliphatic rings. The van der Waals surface area contributed by atoms with Gasteiger partial charge in [0.25, 0.3) is 5.91 Å². The third kappa shape index (κ3) is 4.98. The zero-order chi connectivity index (χ0) is 19.3. The standard InChI is InChI=1S/C18H15ClF3NO3/c1-26-17(25)15(23-16(24)13-7-2-3-8-14(13)19)10-11-5-4-6-12(9-11)18(20,21)22/h2-9,15H,10H2,1H3,(H,23,24)/t15-/m1/s1. The fourth-order valence-corrected chi connectivity index (χ4v) is 2.55. The van der Waals surface area contributed by atoms with Crippen LogP contribution in [0.4, 0.5) is 13.2 Å². The first-order valence-electron chi connectivity index (χ1n) is 7.51. The summed E-state index contributed by atoms with van der Waals surface area (Å²) in [6.07, 6.45) is -4.66. The van der Waals surface area contributed by atoms with Crippen LogP contribution < -0.4 is 5.32 Å². The molecule has 0 heterocycles. The first-order valence-corrected chi connectivity index (χ1v) is 7.89. The van der Waals surface area contributed by atoms with Gasteiger partial charge >= 0.3 is 12.1 Å². The second-order valence-electron chi connectivity index (χ2n) is 5.43. The van der Waals surface area contributed by atoms with E-state index in [1.165, 1.54) is 24.3 Å². The minimum atomic E-state index is -4.50. The average molecular weight is 386 g/mol. The Hall–Kier alpha value is -2.54. The van der Waals surface area contributed by atoms with Crippen molar-refractivity contribution in [3.8, 4) is 0 Å². The predicted octanol–water partition coefficient (Wildman–Crippen LogP) is 3.87. The molecule has 26 heavy (non-hydrogen) atoms. The van der Waals surface area contributed by atoms with E-state index in [-0.39, 0.29) is 22.6 Å². The molecule has 1 atom stereocenters. The van der Waals surface area contributed by atoms with Crippen LogP contribution in [0.25, 0.3) is 0 Å². The molecule has 138 valence electrons. The van der Waals surface area contributed by atoms with E-state index in [9.17, 15) is 22.8 Å². The number of amides is 1. The fraction of sp³-hybridized carbons (Fsp3) is 0.222. The maximum absolute atomic E-state index is 12.8. The summed E-state index contributed by atoms with van der Waals surface area (Å²) in [6, 6.07) is 9.59. The molecule has 0 saturated carbocycles. The number of esters is 1. The molecule has 1 N–H and O–H groups in total. The highest BCUT2D eigenvalue weighted by molar-refractivity contribution is 6.33. The van der Waals surface area contributed by atoms with Crippen LogP contribution in [-0.2, 0) is 22.1 Å². The molecule has 0 unspecified atom stereocenters. The fourth-order valence-electron chi connectivity index (χ4n) is 2.33. The van der Waals surface area contributed by atoms with Gasteiger partial charge in [-0.25, -0.2) is 4.79 Å². The number of carbonyl (C=O) groups excluding carboxylic acids is 2. The van der Waals surface area contributed by atoms with Gasteiger partial charge in [0.2, 0.25) is 0 Å². The number of alkyl halides is 3. The van der Waals surface area contributed by atoms with E-state index in [4.69, 9.17) is 11.6 Å². The second-order valence-corrected chi connectivity index (χ2v) is 5.84. The summed E-state index contributed by atoms with van der Waals surface area (Å²) in [6.45, 7) is 0. The maximum atomic E-state index is 12.8. The summed E-state index contributed by atoms with van der Waals surface area (Å²) in [5, 5.41) is 2.64. The number of ether oxygens (including phenoxy) is 1. The lowest BCUT2D eigenvalue weighted by atomic mass is 10.0. The molecule has 0 saturated heterocycles. The molecule has 2 aromatic rings. The van der Waals surface area contributed by atoms with E-state index in [1.54, 1.807) is 12.1 Å². The first kappa shape index (κ1) is 19.8. The van der Waals surface area contributed by atoms with Crippen molar-refractivity contribution in [3.63, 3.8) is 0 Å². The normalized spacial score (nSPS) is 12.3. The van der Waals surface area contributed by atoms with Crippen molar-refractivity contribution in [2.75, 3.05) is 7.11 Å². The van der Waals surface area contributed by atoms with Crippen LogP contribution in [0.5, 0.6) is 0 Å². The molecular weight excluding hydrogens is 371 g/mol. The van der Waals surface area contributed by atoms with E-state index < -0.39 is 29.7 Å². The van der Waals surface area contributed by atoms with E-state index >= 15 is 0 Å². The minimum Gasteiger partial charge on any atom is -0.467 e. The molecule has 0 fully saturated rings. The van der Waals surface area contributed by atoms with Crippen LogP contribution >= 0.6 is 11.6 Å². The zero-order valence-electron chi connectivity index (χ0n) is 13.6. The van der Waals surface area contributed by atoms with Crippen molar-refractivity contribution in [2.24, 2.45) is 0 Å². The van der Waals surface area contributed by atoms with Crippen LogP contribution in [0.15, 0.2) is 48.5 Å². The van der Waals surface area contributed by atoms with Gasteiger partial charge in [0.1, 0.15) is 6.04 Å². The monoisotopic (exact) mass is 385 g/mol. The van der Waals surface area contributed by atoms with Crippen molar-refractivity contribution in [1.29, 1.82) is 0 Å². The number of carbonyl (C=O) groups is 2. The van der Waals surface area contributed by atoms with Gasteiger partial charge < -0.3 is 10.1 Å². The molecule has 2 rings (SSSR count). The van der Waals surface area contributed by atoms with Gasteiger partial charge in [-0.3, -0.25) is 4.79 Å². The van der Waals surface area contributed by atoms with Gasteiger partial charge in [-0.15, -0.1) is 0 Å². The lowest BCUT2D eigenvalue weighted by Crippen LogP contribution is -2.43. The molecule has 0 aliphatic heterocycles. The largest absolute Gasteiger partial charge is 0.467 e.